The predicted octanol–water partition coefficient (Wildman–Crippen LogP) is -7.94. The predicted molar refractivity (Wildman–Crippen MR) is 89.6 cm³/mol. The molecule has 0 radical (unpaired) electrons. The molecule has 2 aromatic rings. The molecular formula is C14H20N5Na2O8P. The zero-order valence-electron chi connectivity index (χ0n) is 16.9. The smallest absolute Gasteiger partial charge is 0.790 e. The molecule has 1 aliphatic rings. The zero-order chi connectivity index (χ0) is 20.5. The molecule has 1 aliphatic heterocycles. The van der Waals surface area contributed by atoms with Crippen LogP contribution < -0.4 is 79.4 Å². The summed E-state index contributed by atoms with van der Waals surface area (Å²) in [6.45, 7) is 1.54. The molecule has 0 aromatic carbocycles. The van der Waals surface area contributed by atoms with E-state index in [0.29, 0.717) is 6.61 Å². The number of anilines is 1. The summed E-state index contributed by atoms with van der Waals surface area (Å²) in [5, 5.41) is 20.6. The molecule has 156 valence electrons. The molecule has 16 heteroatoms. The summed E-state index contributed by atoms with van der Waals surface area (Å²) < 4.78 is 27.3. The van der Waals surface area contributed by atoms with Gasteiger partial charge in [-0.15, -0.1) is 0 Å². The van der Waals surface area contributed by atoms with Crippen LogP contribution in [0.1, 0.15) is 26.0 Å². The number of imidazole rings is 1. The molecule has 3 heterocycles. The van der Waals surface area contributed by atoms with Crippen LogP contribution >= 0.6 is 7.82 Å². The Balaban J connectivity index is 0.00000225. The summed E-state index contributed by atoms with van der Waals surface area (Å²) in [4.78, 5) is 33.5. The Morgan fingerprint density at radius 3 is 2.63 bits per heavy atom. The molecular weight excluding hydrogens is 443 g/mol. The number of nitrogens with zero attached hydrogens (tertiary/aromatic N) is 4. The minimum Gasteiger partial charge on any atom is -0.790 e. The van der Waals surface area contributed by atoms with Gasteiger partial charge in [-0.3, -0.25) is 0 Å². The van der Waals surface area contributed by atoms with E-state index in [9.17, 15) is 24.6 Å². The molecule has 1 fully saturated rings. The van der Waals surface area contributed by atoms with Crippen LogP contribution in [0.5, 0.6) is 6.01 Å². The van der Waals surface area contributed by atoms with Crippen LogP contribution in [-0.2, 0) is 13.8 Å². The van der Waals surface area contributed by atoms with Crippen LogP contribution in [0.15, 0.2) is 6.33 Å². The van der Waals surface area contributed by atoms with Crippen LogP contribution in [0.2, 0.25) is 0 Å². The molecule has 2 aromatic heterocycles. The molecule has 1 unspecified atom stereocenters. The van der Waals surface area contributed by atoms with Crippen molar-refractivity contribution in [3.8, 4) is 6.01 Å². The largest absolute Gasteiger partial charge is 1.00 e. The third-order valence-corrected chi connectivity index (χ3v) is 4.66. The second-order valence-corrected chi connectivity index (χ2v) is 7.34. The molecule has 13 nitrogen and oxygen atoms in total. The number of phosphoric ester groups is 1. The fraction of sp³-hybridized carbons (Fsp3) is 0.643. The van der Waals surface area contributed by atoms with Crippen molar-refractivity contribution in [1.82, 2.24) is 19.5 Å². The first-order chi connectivity index (χ1) is 13.2. The van der Waals surface area contributed by atoms with Crippen molar-refractivity contribution in [2.45, 2.75) is 44.3 Å². The third-order valence-electron chi connectivity index (χ3n) is 4.19. The first-order valence-corrected chi connectivity index (χ1v) is 9.98. The number of ether oxygens (including phenoxy) is 2. The fourth-order valence-electron chi connectivity index (χ4n) is 2.79. The molecule has 0 amide bonds. The van der Waals surface area contributed by atoms with Crippen LogP contribution in [0.3, 0.4) is 0 Å². The topological polar surface area (TPSA) is 201 Å². The van der Waals surface area contributed by atoms with E-state index in [4.69, 9.17) is 15.2 Å². The average Bonchev–Trinajstić information content (AvgIpc) is 3.12. The Hall–Kier alpha value is 0.140. The number of aromatic nitrogens is 4. The zero-order valence-corrected chi connectivity index (χ0v) is 21.8. The third kappa shape index (κ3) is 6.35. The van der Waals surface area contributed by atoms with Crippen LogP contribution in [0.4, 0.5) is 5.82 Å². The molecule has 4 N–H and O–H groups in total. The Morgan fingerprint density at radius 2 is 2.00 bits per heavy atom. The van der Waals surface area contributed by atoms with Gasteiger partial charge in [0, 0.05) is 0 Å². The summed E-state index contributed by atoms with van der Waals surface area (Å²) in [7, 11) is -5.27. The number of rotatable bonds is 8. The molecule has 0 spiro atoms. The number of nitrogens with two attached hydrogens (primary N) is 1. The monoisotopic (exact) mass is 463 g/mol. The average molecular weight is 463 g/mol. The quantitative estimate of drug-likeness (QED) is 0.190. The number of hydrogen-bond donors (Lipinski definition) is 3. The van der Waals surface area contributed by atoms with Crippen molar-refractivity contribution in [1.29, 1.82) is 0 Å². The number of phosphoric acid groups is 1. The van der Waals surface area contributed by atoms with E-state index >= 15 is 0 Å². The van der Waals surface area contributed by atoms with Gasteiger partial charge in [-0.25, -0.2) is 14.5 Å². The second-order valence-electron chi connectivity index (χ2n) is 6.19. The summed E-state index contributed by atoms with van der Waals surface area (Å²) in [5.41, 5.74) is 6.22. The first kappa shape index (κ1) is 28.2. The van der Waals surface area contributed by atoms with Crippen molar-refractivity contribution >= 4 is 24.8 Å². The van der Waals surface area contributed by atoms with Gasteiger partial charge < -0.3 is 44.3 Å². The second kappa shape index (κ2) is 11.8. The van der Waals surface area contributed by atoms with E-state index < -0.39 is 39.0 Å². The normalized spacial score (nSPS) is 23.8. The number of unbranched alkanes of at least 4 members (excludes halogenated alkanes) is 1. The van der Waals surface area contributed by atoms with E-state index in [1.165, 1.54) is 10.9 Å². The SMILES string of the molecule is CCCCOc1nc2c(N)ncnc2n1C1O[C@H](COP(=O)([O-])[O-])[C@@H](O)[C@H]1O.[Na+].[Na+]. The van der Waals surface area contributed by atoms with E-state index in [1.54, 1.807) is 0 Å². The standard InChI is InChI=1S/C14H22N5O8P.2Na/c1-2-3-4-25-14-18-8-11(15)16-6-17-12(8)19(14)13-10(21)9(20)7(27-13)5-26-28(22,23)24;;/h6-7,9-10,13,20-21H,2-5H2,1H3,(H2,15,16,17)(H2,22,23,24);;/q;2*+1/p-2/t7-,9-,10-,13?;;/m1../s1. The van der Waals surface area contributed by atoms with Gasteiger partial charge in [0.15, 0.2) is 23.2 Å². The number of aliphatic hydroxyl groups is 2. The van der Waals surface area contributed by atoms with E-state index in [-0.39, 0.29) is 82.1 Å². The Labute approximate surface area is 216 Å². The molecule has 1 saturated heterocycles. The van der Waals surface area contributed by atoms with Gasteiger partial charge in [-0.2, -0.15) is 4.98 Å². The molecule has 0 saturated carbocycles. The molecule has 4 atom stereocenters. The molecule has 30 heavy (non-hydrogen) atoms. The molecule has 0 aliphatic carbocycles. The van der Waals surface area contributed by atoms with Crippen LogP contribution in [0.25, 0.3) is 11.2 Å². The fourth-order valence-corrected chi connectivity index (χ4v) is 3.12. The van der Waals surface area contributed by atoms with E-state index in [1.807, 2.05) is 6.92 Å². The van der Waals surface area contributed by atoms with Gasteiger partial charge in [0.05, 0.1) is 21.0 Å². The van der Waals surface area contributed by atoms with E-state index in [0.717, 1.165) is 12.8 Å². The maximum Gasteiger partial charge on any atom is 1.00 e. The summed E-state index contributed by atoms with van der Waals surface area (Å²) in [6, 6.07) is 0.0341. The van der Waals surface area contributed by atoms with Gasteiger partial charge in [0.1, 0.15) is 24.6 Å². The van der Waals surface area contributed by atoms with Crippen LogP contribution in [0, 0.1) is 0 Å². The van der Waals surface area contributed by atoms with Crippen molar-refractivity contribution < 1.29 is 97.7 Å². The number of hydrogen-bond acceptors (Lipinski definition) is 12. The van der Waals surface area contributed by atoms with Gasteiger partial charge in [-0.05, 0) is 6.42 Å². The Kier molecular flexibility index (Phi) is 11.1. The summed E-state index contributed by atoms with van der Waals surface area (Å²) in [5.74, 6) is 0.0793. The van der Waals surface area contributed by atoms with Crippen molar-refractivity contribution in [2.75, 3.05) is 18.9 Å². The summed E-state index contributed by atoms with van der Waals surface area (Å²) >= 11 is 0. The van der Waals surface area contributed by atoms with Crippen molar-refractivity contribution in [2.24, 2.45) is 0 Å². The Bertz CT molecular complexity index is 883. The van der Waals surface area contributed by atoms with Gasteiger partial charge >= 0.3 is 65.1 Å². The number of aliphatic hydroxyl groups excluding tert-OH is 2. The van der Waals surface area contributed by atoms with Gasteiger partial charge in [0.25, 0.3) is 0 Å². The summed E-state index contributed by atoms with van der Waals surface area (Å²) in [6.07, 6.45) is -2.76. The van der Waals surface area contributed by atoms with Crippen molar-refractivity contribution in [3.05, 3.63) is 6.33 Å². The minimum absolute atomic E-state index is 0. The minimum atomic E-state index is -5.27. The van der Waals surface area contributed by atoms with Crippen LogP contribution in [-0.4, -0.2) is 61.3 Å². The first-order valence-electron chi connectivity index (χ1n) is 8.52. The number of fused-ring (bicyclic) bond motifs is 1. The van der Waals surface area contributed by atoms with Gasteiger partial charge in [0.2, 0.25) is 0 Å². The molecule has 3 rings (SSSR count). The molecule has 0 bridgehead atoms. The Morgan fingerprint density at radius 1 is 1.30 bits per heavy atom. The maximum atomic E-state index is 10.7. The number of nitrogen functional groups attached to an aromatic ring is 1. The maximum absolute atomic E-state index is 10.7. The van der Waals surface area contributed by atoms with Gasteiger partial charge in [-0.1, -0.05) is 13.3 Å². The van der Waals surface area contributed by atoms with E-state index in [2.05, 4.69) is 19.5 Å². The van der Waals surface area contributed by atoms with Crippen molar-refractivity contribution in [3.63, 3.8) is 0 Å².